The SMILES string of the molecule is Cc1cc(NC(=O)CCc2ncc(-c3ccccc3Cl)o2)n(-c2ccc([N+](=O)[O-])cc2)n1. The van der Waals surface area contributed by atoms with E-state index in [1.54, 1.807) is 37.4 Å². The van der Waals surface area contributed by atoms with Crippen molar-refractivity contribution in [2.75, 3.05) is 5.32 Å². The summed E-state index contributed by atoms with van der Waals surface area (Å²) in [6, 6.07) is 14.9. The van der Waals surface area contributed by atoms with Crippen LogP contribution in [0.1, 0.15) is 18.0 Å². The molecule has 32 heavy (non-hydrogen) atoms. The third kappa shape index (κ3) is 4.68. The average molecular weight is 452 g/mol. The Morgan fingerprint density at radius 1 is 1.22 bits per heavy atom. The smallest absolute Gasteiger partial charge is 0.269 e. The maximum atomic E-state index is 12.5. The summed E-state index contributed by atoms with van der Waals surface area (Å²) in [5, 5.41) is 18.6. The van der Waals surface area contributed by atoms with Crippen LogP contribution in [0, 0.1) is 17.0 Å². The Morgan fingerprint density at radius 3 is 2.69 bits per heavy atom. The van der Waals surface area contributed by atoms with Gasteiger partial charge in [0.05, 0.1) is 27.5 Å². The van der Waals surface area contributed by atoms with Gasteiger partial charge in [0.1, 0.15) is 5.82 Å². The Labute approximate surface area is 187 Å². The van der Waals surface area contributed by atoms with Gasteiger partial charge in [-0.25, -0.2) is 9.67 Å². The predicted molar refractivity (Wildman–Crippen MR) is 119 cm³/mol. The molecule has 0 fully saturated rings. The second-order valence-electron chi connectivity index (χ2n) is 7.00. The number of hydrogen-bond acceptors (Lipinski definition) is 6. The van der Waals surface area contributed by atoms with E-state index in [0.717, 1.165) is 5.56 Å². The van der Waals surface area contributed by atoms with Crippen molar-refractivity contribution in [3.8, 4) is 17.0 Å². The van der Waals surface area contributed by atoms with Gasteiger partial charge in [0, 0.05) is 36.6 Å². The first-order valence-electron chi connectivity index (χ1n) is 9.71. The zero-order valence-electron chi connectivity index (χ0n) is 17.0. The lowest BCUT2D eigenvalue weighted by atomic mass is 10.2. The second-order valence-corrected chi connectivity index (χ2v) is 7.41. The highest BCUT2D eigenvalue weighted by Gasteiger charge is 2.15. The number of nitro groups is 1. The predicted octanol–water partition coefficient (Wildman–Crippen LogP) is 4.97. The number of amides is 1. The van der Waals surface area contributed by atoms with Crippen LogP contribution in [0.3, 0.4) is 0 Å². The summed E-state index contributed by atoms with van der Waals surface area (Å²) in [6.45, 7) is 1.79. The van der Waals surface area contributed by atoms with Crippen molar-refractivity contribution in [1.82, 2.24) is 14.8 Å². The minimum atomic E-state index is -0.472. The van der Waals surface area contributed by atoms with Crippen LogP contribution in [0.25, 0.3) is 17.0 Å². The fourth-order valence-electron chi connectivity index (χ4n) is 3.14. The zero-order valence-corrected chi connectivity index (χ0v) is 17.7. The normalized spacial score (nSPS) is 10.8. The molecule has 1 amide bonds. The molecular weight excluding hydrogens is 434 g/mol. The molecule has 0 aliphatic rings. The minimum Gasteiger partial charge on any atom is -0.441 e. The van der Waals surface area contributed by atoms with Crippen molar-refractivity contribution in [3.63, 3.8) is 0 Å². The number of aryl methyl sites for hydroxylation is 2. The number of nitrogens with one attached hydrogen (secondary N) is 1. The third-order valence-corrected chi connectivity index (χ3v) is 4.99. The van der Waals surface area contributed by atoms with Gasteiger partial charge in [-0.2, -0.15) is 5.10 Å². The second kappa shape index (κ2) is 9.03. The summed E-state index contributed by atoms with van der Waals surface area (Å²) in [4.78, 5) is 27.1. The number of halogens is 1. The molecule has 0 aliphatic heterocycles. The first kappa shape index (κ1) is 21.3. The average Bonchev–Trinajstić information content (AvgIpc) is 3.39. The molecule has 0 aliphatic carbocycles. The lowest BCUT2D eigenvalue weighted by Gasteiger charge is -2.08. The number of nitro benzene ring substituents is 1. The van der Waals surface area contributed by atoms with E-state index >= 15 is 0 Å². The first-order valence-corrected chi connectivity index (χ1v) is 10.1. The number of aromatic nitrogens is 3. The largest absolute Gasteiger partial charge is 0.441 e. The molecule has 0 saturated heterocycles. The molecule has 2 aromatic carbocycles. The van der Waals surface area contributed by atoms with E-state index in [1.807, 2.05) is 18.2 Å². The summed E-state index contributed by atoms with van der Waals surface area (Å²) in [5.74, 6) is 1.18. The third-order valence-electron chi connectivity index (χ3n) is 4.66. The molecule has 0 saturated carbocycles. The van der Waals surface area contributed by atoms with Crippen LogP contribution in [-0.2, 0) is 11.2 Å². The fraction of sp³-hybridized carbons (Fsp3) is 0.136. The Hall–Kier alpha value is -3.98. The van der Waals surface area contributed by atoms with Gasteiger partial charge in [-0.1, -0.05) is 23.7 Å². The monoisotopic (exact) mass is 451 g/mol. The number of rotatable bonds is 7. The summed E-state index contributed by atoms with van der Waals surface area (Å²) < 4.78 is 7.26. The van der Waals surface area contributed by atoms with Crippen molar-refractivity contribution < 1.29 is 14.1 Å². The summed E-state index contributed by atoms with van der Waals surface area (Å²) in [7, 11) is 0. The molecular formula is C22H18ClN5O4. The highest BCUT2D eigenvalue weighted by Crippen LogP contribution is 2.28. The molecule has 1 N–H and O–H groups in total. The van der Waals surface area contributed by atoms with E-state index in [0.29, 0.717) is 40.3 Å². The fourth-order valence-corrected chi connectivity index (χ4v) is 3.37. The lowest BCUT2D eigenvalue weighted by molar-refractivity contribution is -0.384. The molecule has 0 bridgehead atoms. The molecule has 162 valence electrons. The van der Waals surface area contributed by atoms with Crippen LogP contribution >= 0.6 is 11.6 Å². The van der Waals surface area contributed by atoms with Gasteiger partial charge in [-0.3, -0.25) is 14.9 Å². The van der Waals surface area contributed by atoms with E-state index in [4.69, 9.17) is 16.0 Å². The number of non-ortho nitro benzene ring substituents is 1. The van der Waals surface area contributed by atoms with Crippen molar-refractivity contribution in [2.24, 2.45) is 0 Å². The van der Waals surface area contributed by atoms with Gasteiger partial charge in [0.25, 0.3) is 5.69 Å². The standard InChI is InChI=1S/C22H18ClN5O4/c1-14-12-20(27(26-14)15-6-8-16(9-7-15)28(30)31)25-21(29)10-11-22-24-13-19(32-22)17-4-2-3-5-18(17)23/h2-9,12-13H,10-11H2,1H3,(H,25,29). The molecule has 9 nitrogen and oxygen atoms in total. The van der Waals surface area contributed by atoms with Crippen LogP contribution in [0.5, 0.6) is 0 Å². The maximum Gasteiger partial charge on any atom is 0.269 e. The first-order chi connectivity index (χ1) is 15.4. The van der Waals surface area contributed by atoms with E-state index in [-0.39, 0.29) is 18.0 Å². The zero-order chi connectivity index (χ0) is 22.7. The molecule has 0 spiro atoms. The number of carbonyl (C=O) groups excluding carboxylic acids is 1. The van der Waals surface area contributed by atoms with Crippen LogP contribution in [0.4, 0.5) is 11.5 Å². The van der Waals surface area contributed by atoms with Gasteiger partial charge in [-0.05, 0) is 31.2 Å². The number of benzene rings is 2. The molecule has 10 heteroatoms. The molecule has 4 rings (SSSR count). The Balaban J connectivity index is 1.42. The molecule has 4 aromatic rings. The van der Waals surface area contributed by atoms with E-state index in [9.17, 15) is 14.9 Å². The van der Waals surface area contributed by atoms with Crippen molar-refractivity contribution >= 4 is 29.0 Å². The van der Waals surface area contributed by atoms with Gasteiger partial charge < -0.3 is 9.73 Å². The highest BCUT2D eigenvalue weighted by molar-refractivity contribution is 6.33. The number of anilines is 1. The summed E-state index contributed by atoms with van der Waals surface area (Å²) in [5.41, 5.74) is 2.00. The van der Waals surface area contributed by atoms with Crippen molar-refractivity contribution in [3.05, 3.63) is 87.5 Å². The molecule has 2 heterocycles. The molecule has 0 radical (unpaired) electrons. The van der Waals surface area contributed by atoms with Crippen LogP contribution < -0.4 is 5.32 Å². The highest BCUT2D eigenvalue weighted by atomic mass is 35.5. The molecule has 0 atom stereocenters. The maximum absolute atomic E-state index is 12.5. The van der Waals surface area contributed by atoms with Gasteiger partial charge in [0.15, 0.2) is 11.7 Å². The van der Waals surface area contributed by atoms with Crippen LogP contribution in [-0.4, -0.2) is 25.6 Å². The molecule has 0 unspecified atom stereocenters. The lowest BCUT2D eigenvalue weighted by Crippen LogP contribution is -2.15. The minimum absolute atomic E-state index is 0.0229. The van der Waals surface area contributed by atoms with Crippen molar-refractivity contribution in [1.29, 1.82) is 0 Å². The van der Waals surface area contributed by atoms with E-state index in [2.05, 4.69) is 15.4 Å². The Bertz CT molecular complexity index is 1280. The molecule has 2 aromatic heterocycles. The number of oxazole rings is 1. The quantitative estimate of drug-likeness (QED) is 0.313. The van der Waals surface area contributed by atoms with Crippen LogP contribution in [0.2, 0.25) is 5.02 Å². The summed E-state index contributed by atoms with van der Waals surface area (Å²) in [6.07, 6.45) is 2.04. The van der Waals surface area contributed by atoms with E-state index in [1.165, 1.54) is 16.8 Å². The number of nitrogens with zero attached hydrogens (tertiary/aromatic N) is 4. The Kier molecular flexibility index (Phi) is 6.00. The van der Waals surface area contributed by atoms with Gasteiger partial charge >= 0.3 is 0 Å². The number of hydrogen-bond donors (Lipinski definition) is 1. The van der Waals surface area contributed by atoms with Crippen molar-refractivity contribution in [2.45, 2.75) is 19.8 Å². The Morgan fingerprint density at radius 2 is 1.97 bits per heavy atom. The van der Waals surface area contributed by atoms with Gasteiger partial charge in [0.2, 0.25) is 5.91 Å². The van der Waals surface area contributed by atoms with E-state index < -0.39 is 4.92 Å². The number of carbonyl (C=O) groups is 1. The summed E-state index contributed by atoms with van der Waals surface area (Å²) >= 11 is 6.18. The van der Waals surface area contributed by atoms with Gasteiger partial charge in [-0.15, -0.1) is 0 Å². The van der Waals surface area contributed by atoms with Crippen LogP contribution in [0.15, 0.2) is 65.2 Å². The topological polar surface area (TPSA) is 116 Å².